The van der Waals surface area contributed by atoms with Gasteiger partial charge in [0.05, 0.1) is 0 Å². The van der Waals surface area contributed by atoms with Crippen molar-refractivity contribution in [2.45, 2.75) is 46.3 Å². The predicted molar refractivity (Wildman–Crippen MR) is 114 cm³/mol. The molecule has 0 aliphatic rings. The molecule has 5 nitrogen and oxygen atoms in total. The van der Waals surface area contributed by atoms with Crippen LogP contribution in [0.3, 0.4) is 0 Å². The Hall–Kier alpha value is -2.34. The zero-order valence-corrected chi connectivity index (χ0v) is 18.3. The van der Waals surface area contributed by atoms with Crippen LogP contribution < -0.4 is 10.1 Å². The van der Waals surface area contributed by atoms with Gasteiger partial charge in [-0.15, -0.1) is 0 Å². The number of carbonyl (C=O) groups excluding carboxylic acids is 2. The van der Waals surface area contributed by atoms with E-state index in [1.165, 1.54) is 0 Å². The summed E-state index contributed by atoms with van der Waals surface area (Å²) in [5.41, 5.74) is 1.90. The smallest absolute Gasteiger partial charge is 0.261 e. The Bertz CT molecular complexity index is 806. The Balaban J connectivity index is 2.15. The van der Waals surface area contributed by atoms with Crippen molar-refractivity contribution < 1.29 is 14.3 Å². The van der Waals surface area contributed by atoms with Gasteiger partial charge in [0.15, 0.2) is 6.61 Å². The molecular formula is C22H27BrN2O3. The fraction of sp³-hybridized carbons (Fsp3) is 0.364. The van der Waals surface area contributed by atoms with Crippen molar-refractivity contribution in [3.05, 3.63) is 64.1 Å². The van der Waals surface area contributed by atoms with E-state index in [0.717, 1.165) is 15.6 Å². The van der Waals surface area contributed by atoms with Gasteiger partial charge in [0.25, 0.3) is 5.91 Å². The number of rotatable bonds is 8. The normalized spacial score (nSPS) is 11.8. The summed E-state index contributed by atoms with van der Waals surface area (Å²) in [6.45, 7) is 7.66. The molecule has 0 unspecified atom stereocenters. The van der Waals surface area contributed by atoms with Gasteiger partial charge in [-0.25, -0.2) is 0 Å². The van der Waals surface area contributed by atoms with Crippen LogP contribution in [0.15, 0.2) is 53.0 Å². The number of amides is 2. The largest absolute Gasteiger partial charge is 0.484 e. The highest BCUT2D eigenvalue weighted by Gasteiger charge is 2.27. The third kappa shape index (κ3) is 6.37. The highest BCUT2D eigenvalue weighted by Crippen LogP contribution is 2.18. The summed E-state index contributed by atoms with van der Waals surface area (Å²) in [5.74, 6) is 0.243. The van der Waals surface area contributed by atoms with Crippen LogP contribution in [-0.4, -0.2) is 35.4 Å². The maximum Gasteiger partial charge on any atom is 0.261 e. The topological polar surface area (TPSA) is 58.6 Å². The van der Waals surface area contributed by atoms with Crippen LogP contribution in [0.4, 0.5) is 0 Å². The molecule has 150 valence electrons. The van der Waals surface area contributed by atoms with Crippen molar-refractivity contribution in [3.63, 3.8) is 0 Å². The van der Waals surface area contributed by atoms with E-state index in [2.05, 4.69) is 21.2 Å². The second kappa shape index (κ2) is 10.3. The average Bonchev–Trinajstić information content (AvgIpc) is 2.65. The Labute approximate surface area is 175 Å². The van der Waals surface area contributed by atoms with Gasteiger partial charge in [-0.3, -0.25) is 9.59 Å². The Morgan fingerprint density at radius 3 is 2.32 bits per heavy atom. The number of benzene rings is 2. The van der Waals surface area contributed by atoms with Gasteiger partial charge in [0.1, 0.15) is 11.8 Å². The van der Waals surface area contributed by atoms with Gasteiger partial charge in [-0.05, 0) is 57.0 Å². The van der Waals surface area contributed by atoms with Gasteiger partial charge in [-0.1, -0.05) is 46.3 Å². The molecule has 0 radical (unpaired) electrons. The number of aryl methyl sites for hydroxylation is 1. The molecular weight excluding hydrogens is 420 g/mol. The van der Waals surface area contributed by atoms with Crippen LogP contribution in [-0.2, 0) is 16.1 Å². The number of hydrogen-bond donors (Lipinski definition) is 1. The summed E-state index contributed by atoms with van der Waals surface area (Å²) >= 11 is 3.41. The molecule has 1 atom stereocenters. The fourth-order valence-electron chi connectivity index (χ4n) is 2.72. The number of nitrogens with one attached hydrogen (secondary N) is 1. The van der Waals surface area contributed by atoms with Crippen LogP contribution in [0.5, 0.6) is 5.75 Å². The molecule has 0 aromatic heterocycles. The highest BCUT2D eigenvalue weighted by atomic mass is 79.9. The molecule has 0 aliphatic carbocycles. The minimum absolute atomic E-state index is 0.00259. The van der Waals surface area contributed by atoms with Gasteiger partial charge >= 0.3 is 0 Å². The van der Waals surface area contributed by atoms with Gasteiger partial charge in [0, 0.05) is 17.1 Å². The molecule has 2 amide bonds. The lowest BCUT2D eigenvalue weighted by Crippen LogP contribution is -2.50. The lowest BCUT2D eigenvalue weighted by atomic mass is 10.1. The predicted octanol–water partition coefficient (Wildman–Crippen LogP) is 4.08. The Morgan fingerprint density at radius 2 is 1.71 bits per heavy atom. The van der Waals surface area contributed by atoms with Crippen molar-refractivity contribution in [3.8, 4) is 5.75 Å². The molecule has 0 saturated carbocycles. The van der Waals surface area contributed by atoms with Crippen molar-refractivity contribution in [2.24, 2.45) is 0 Å². The van der Waals surface area contributed by atoms with Crippen LogP contribution in [0.1, 0.15) is 31.9 Å². The van der Waals surface area contributed by atoms with Crippen molar-refractivity contribution >= 4 is 27.7 Å². The second-order valence-corrected chi connectivity index (χ2v) is 7.96. The minimum Gasteiger partial charge on any atom is -0.484 e. The molecule has 2 aromatic rings. The summed E-state index contributed by atoms with van der Waals surface area (Å²) in [5, 5.41) is 2.87. The number of nitrogens with zero attached hydrogens (tertiary/aromatic N) is 1. The molecule has 0 bridgehead atoms. The maximum absolute atomic E-state index is 12.9. The summed E-state index contributed by atoms with van der Waals surface area (Å²) in [7, 11) is 0. The standard InChI is InChI=1S/C22H27BrN2O3/c1-15(2)24-22(27)17(4)25(13-18-9-11-19(23)12-10-18)21(26)14-28-20-8-6-5-7-16(20)3/h5-12,15,17H,13-14H2,1-4H3,(H,24,27)/t17-/m1/s1. The summed E-state index contributed by atoms with van der Waals surface area (Å²) in [4.78, 5) is 27.0. The van der Waals surface area contributed by atoms with Crippen LogP contribution in [0.2, 0.25) is 0 Å². The average molecular weight is 447 g/mol. The van der Waals surface area contributed by atoms with E-state index in [0.29, 0.717) is 12.3 Å². The molecule has 0 aliphatic heterocycles. The van der Waals surface area contributed by atoms with Gasteiger partial charge in [0.2, 0.25) is 5.91 Å². The molecule has 0 saturated heterocycles. The lowest BCUT2D eigenvalue weighted by Gasteiger charge is -2.29. The van der Waals surface area contributed by atoms with E-state index in [1.54, 1.807) is 11.8 Å². The maximum atomic E-state index is 12.9. The monoisotopic (exact) mass is 446 g/mol. The number of ether oxygens (including phenoxy) is 1. The molecule has 2 rings (SSSR count). The zero-order valence-electron chi connectivity index (χ0n) is 16.7. The summed E-state index contributed by atoms with van der Waals surface area (Å²) in [6, 6.07) is 14.6. The van der Waals surface area contributed by atoms with E-state index < -0.39 is 6.04 Å². The molecule has 0 fully saturated rings. The third-order valence-corrected chi connectivity index (χ3v) is 4.84. The van der Waals surface area contributed by atoms with Crippen molar-refractivity contribution in [1.29, 1.82) is 0 Å². The molecule has 0 spiro atoms. The Morgan fingerprint density at radius 1 is 1.07 bits per heavy atom. The number of para-hydroxylation sites is 1. The fourth-order valence-corrected chi connectivity index (χ4v) is 2.98. The van der Waals surface area contributed by atoms with E-state index in [9.17, 15) is 9.59 Å². The lowest BCUT2D eigenvalue weighted by molar-refractivity contribution is -0.142. The first-order valence-corrected chi connectivity index (χ1v) is 10.1. The Kier molecular flexibility index (Phi) is 8.05. The first-order valence-electron chi connectivity index (χ1n) is 9.30. The minimum atomic E-state index is -0.612. The number of halogens is 1. The quantitative estimate of drug-likeness (QED) is 0.664. The molecule has 0 heterocycles. The molecule has 6 heteroatoms. The highest BCUT2D eigenvalue weighted by molar-refractivity contribution is 9.10. The van der Waals surface area contributed by atoms with Crippen molar-refractivity contribution in [2.75, 3.05) is 6.61 Å². The van der Waals surface area contributed by atoms with Crippen LogP contribution >= 0.6 is 15.9 Å². The van der Waals surface area contributed by atoms with Crippen LogP contribution in [0, 0.1) is 6.92 Å². The van der Waals surface area contributed by atoms with Gasteiger partial charge < -0.3 is 15.0 Å². The van der Waals surface area contributed by atoms with Crippen molar-refractivity contribution in [1.82, 2.24) is 10.2 Å². The van der Waals surface area contributed by atoms with E-state index in [-0.39, 0.29) is 24.5 Å². The first kappa shape index (κ1) is 22.0. The number of carbonyl (C=O) groups is 2. The van der Waals surface area contributed by atoms with Crippen LogP contribution in [0.25, 0.3) is 0 Å². The SMILES string of the molecule is Cc1ccccc1OCC(=O)N(Cc1ccc(Br)cc1)[C@H](C)C(=O)NC(C)C. The van der Waals surface area contributed by atoms with E-state index >= 15 is 0 Å². The van der Waals surface area contributed by atoms with Gasteiger partial charge in [-0.2, -0.15) is 0 Å². The first-order chi connectivity index (χ1) is 13.3. The van der Waals surface area contributed by atoms with E-state index in [4.69, 9.17) is 4.74 Å². The zero-order chi connectivity index (χ0) is 20.7. The van der Waals surface area contributed by atoms with E-state index in [1.807, 2.05) is 69.3 Å². The number of hydrogen-bond acceptors (Lipinski definition) is 3. The molecule has 1 N–H and O–H groups in total. The summed E-state index contributed by atoms with van der Waals surface area (Å²) in [6.07, 6.45) is 0. The third-order valence-electron chi connectivity index (χ3n) is 4.31. The second-order valence-electron chi connectivity index (χ2n) is 7.04. The molecule has 28 heavy (non-hydrogen) atoms. The summed E-state index contributed by atoms with van der Waals surface area (Å²) < 4.78 is 6.68. The molecule has 2 aromatic carbocycles.